The Morgan fingerprint density at radius 3 is 2.80 bits per heavy atom. The number of benzene rings is 1. The van der Waals surface area contributed by atoms with E-state index in [0.717, 1.165) is 48.1 Å². The fourth-order valence-corrected chi connectivity index (χ4v) is 4.56. The molecule has 2 aliphatic heterocycles. The zero-order valence-electron chi connectivity index (χ0n) is 15.1. The number of hydrogen-bond acceptors (Lipinski definition) is 4. The van der Waals surface area contributed by atoms with Gasteiger partial charge in [-0.25, -0.2) is 0 Å². The third-order valence-corrected chi connectivity index (χ3v) is 5.84. The summed E-state index contributed by atoms with van der Waals surface area (Å²) in [6.07, 6.45) is 3.89. The van der Waals surface area contributed by atoms with Crippen LogP contribution in [0.15, 0.2) is 12.1 Å². The maximum Gasteiger partial charge on any atom is 0.309 e. The van der Waals surface area contributed by atoms with Crippen LogP contribution in [0.25, 0.3) is 0 Å². The van der Waals surface area contributed by atoms with Crippen LogP contribution in [0.3, 0.4) is 0 Å². The predicted octanol–water partition coefficient (Wildman–Crippen LogP) is 2.66. The minimum atomic E-state index is -0.395. The van der Waals surface area contributed by atoms with Crippen LogP contribution in [0, 0.1) is 6.92 Å². The summed E-state index contributed by atoms with van der Waals surface area (Å²) in [5, 5.41) is 0. The van der Waals surface area contributed by atoms with Gasteiger partial charge in [-0.05, 0) is 62.3 Å². The molecule has 25 heavy (non-hydrogen) atoms. The number of nitrogens with zero attached hydrogens (tertiary/aromatic N) is 1. The molecule has 2 atom stereocenters. The Morgan fingerprint density at radius 2 is 2.16 bits per heavy atom. The molecule has 0 aromatic heterocycles. The summed E-state index contributed by atoms with van der Waals surface area (Å²) in [6, 6.07) is 4.34. The smallest absolute Gasteiger partial charge is 0.309 e. The van der Waals surface area contributed by atoms with Crippen LogP contribution < -0.4 is 4.90 Å². The van der Waals surface area contributed by atoms with Gasteiger partial charge in [-0.1, -0.05) is 6.07 Å². The molecule has 2 fully saturated rings. The summed E-state index contributed by atoms with van der Waals surface area (Å²) in [4.78, 5) is 27.3. The fraction of sp³-hybridized carbons (Fsp3) is 0.600. The Bertz CT molecular complexity index is 737. The van der Waals surface area contributed by atoms with E-state index in [4.69, 9.17) is 9.47 Å². The first-order chi connectivity index (χ1) is 12.0. The third kappa shape index (κ3) is 2.56. The van der Waals surface area contributed by atoms with Gasteiger partial charge in [-0.2, -0.15) is 0 Å². The number of fused-ring (bicyclic) bond motifs is 2. The largest absolute Gasteiger partial charge is 0.469 e. The number of rotatable bonds is 3. The minimum Gasteiger partial charge on any atom is -0.469 e. The summed E-state index contributed by atoms with van der Waals surface area (Å²) in [5.74, 6) is -0.0347. The lowest BCUT2D eigenvalue weighted by atomic mass is 9.90. The Kier molecular flexibility index (Phi) is 3.87. The molecule has 1 saturated heterocycles. The van der Waals surface area contributed by atoms with Crippen molar-refractivity contribution in [2.75, 3.05) is 18.6 Å². The van der Waals surface area contributed by atoms with Crippen molar-refractivity contribution >= 4 is 17.6 Å². The second kappa shape index (κ2) is 5.84. The molecule has 1 amide bonds. The van der Waals surface area contributed by atoms with E-state index >= 15 is 0 Å². The number of ether oxygens (including phenoxy) is 2. The quantitative estimate of drug-likeness (QED) is 0.792. The first kappa shape index (κ1) is 16.6. The van der Waals surface area contributed by atoms with Crippen molar-refractivity contribution in [2.24, 2.45) is 0 Å². The van der Waals surface area contributed by atoms with E-state index < -0.39 is 5.41 Å². The molecule has 0 unspecified atom stereocenters. The topological polar surface area (TPSA) is 55.8 Å². The van der Waals surface area contributed by atoms with Gasteiger partial charge in [-0.15, -0.1) is 0 Å². The molecule has 0 bridgehead atoms. The Balaban J connectivity index is 1.79. The second-order valence-electron chi connectivity index (χ2n) is 7.69. The number of amides is 1. The van der Waals surface area contributed by atoms with Crippen molar-refractivity contribution in [1.82, 2.24) is 0 Å². The lowest BCUT2D eigenvalue weighted by Gasteiger charge is -2.35. The van der Waals surface area contributed by atoms with Crippen molar-refractivity contribution in [3.63, 3.8) is 0 Å². The maximum absolute atomic E-state index is 13.3. The highest BCUT2D eigenvalue weighted by Gasteiger charge is 2.61. The highest BCUT2D eigenvalue weighted by molar-refractivity contribution is 6.11. The van der Waals surface area contributed by atoms with E-state index in [1.165, 1.54) is 7.11 Å². The van der Waals surface area contributed by atoms with Gasteiger partial charge < -0.3 is 14.4 Å². The SMILES string of the molecule is COC(=O)Cc1cc(C)cc2c1C1(CC1)C(=O)N2[C@@H]1CCO[C@@H](C)C1. The van der Waals surface area contributed by atoms with Gasteiger partial charge in [0.25, 0.3) is 0 Å². The number of carbonyl (C=O) groups is 2. The van der Waals surface area contributed by atoms with Crippen LogP contribution in [0.1, 0.15) is 49.3 Å². The van der Waals surface area contributed by atoms with Crippen molar-refractivity contribution in [1.29, 1.82) is 0 Å². The van der Waals surface area contributed by atoms with E-state index in [1.54, 1.807) is 0 Å². The minimum absolute atomic E-state index is 0.171. The van der Waals surface area contributed by atoms with E-state index in [9.17, 15) is 9.59 Å². The highest BCUT2D eigenvalue weighted by Crippen LogP contribution is 2.59. The van der Waals surface area contributed by atoms with Gasteiger partial charge in [0.2, 0.25) is 5.91 Å². The zero-order chi connectivity index (χ0) is 17.8. The third-order valence-electron chi connectivity index (χ3n) is 5.84. The van der Waals surface area contributed by atoms with Crippen molar-refractivity contribution in [3.05, 3.63) is 28.8 Å². The van der Waals surface area contributed by atoms with Crippen molar-refractivity contribution in [2.45, 2.75) is 63.5 Å². The Morgan fingerprint density at radius 1 is 1.40 bits per heavy atom. The van der Waals surface area contributed by atoms with Crippen LogP contribution in [-0.2, 0) is 30.9 Å². The maximum atomic E-state index is 13.3. The molecule has 1 saturated carbocycles. The summed E-state index contributed by atoms with van der Waals surface area (Å²) < 4.78 is 10.5. The standard InChI is InChI=1S/C20H25NO4/c1-12-8-14(11-17(22)24-3)18-16(9-12)21(19(23)20(18)5-6-20)15-4-7-25-13(2)10-15/h8-9,13,15H,4-7,10-11H2,1-3H3/t13-,15+/m0/s1. The molecule has 4 rings (SSSR count). The molecule has 5 nitrogen and oxygen atoms in total. The molecule has 134 valence electrons. The van der Waals surface area contributed by atoms with Gasteiger partial charge >= 0.3 is 5.97 Å². The molecule has 5 heteroatoms. The average molecular weight is 343 g/mol. The lowest BCUT2D eigenvalue weighted by molar-refractivity contribution is -0.139. The molecule has 1 aliphatic carbocycles. The van der Waals surface area contributed by atoms with E-state index in [-0.39, 0.29) is 30.4 Å². The number of esters is 1. The van der Waals surface area contributed by atoms with Gasteiger partial charge in [0.15, 0.2) is 0 Å². The second-order valence-corrected chi connectivity index (χ2v) is 7.69. The summed E-state index contributed by atoms with van der Waals surface area (Å²) in [5.41, 5.74) is 3.73. The fourth-order valence-electron chi connectivity index (χ4n) is 4.56. The van der Waals surface area contributed by atoms with Gasteiger partial charge in [-0.3, -0.25) is 9.59 Å². The number of anilines is 1. The number of aryl methyl sites for hydroxylation is 1. The van der Waals surface area contributed by atoms with Crippen LogP contribution in [-0.4, -0.2) is 37.7 Å². The van der Waals surface area contributed by atoms with E-state index in [1.807, 2.05) is 17.9 Å². The van der Waals surface area contributed by atoms with Crippen LogP contribution in [0.4, 0.5) is 5.69 Å². The highest BCUT2D eigenvalue weighted by atomic mass is 16.5. The Hall–Kier alpha value is -1.88. The number of carbonyl (C=O) groups excluding carboxylic acids is 2. The predicted molar refractivity (Wildman–Crippen MR) is 93.7 cm³/mol. The van der Waals surface area contributed by atoms with Gasteiger partial charge in [0, 0.05) is 18.3 Å². The summed E-state index contributed by atoms with van der Waals surface area (Å²) >= 11 is 0. The molecular formula is C20H25NO4. The molecular weight excluding hydrogens is 318 g/mol. The van der Waals surface area contributed by atoms with Crippen LogP contribution in [0.5, 0.6) is 0 Å². The lowest BCUT2D eigenvalue weighted by Crippen LogP contribution is -2.45. The summed E-state index contributed by atoms with van der Waals surface area (Å²) in [6.45, 7) is 4.78. The number of hydrogen-bond donors (Lipinski definition) is 0. The van der Waals surface area contributed by atoms with Crippen LogP contribution >= 0.6 is 0 Å². The molecule has 1 spiro atoms. The first-order valence-electron chi connectivity index (χ1n) is 9.12. The van der Waals surface area contributed by atoms with Gasteiger partial charge in [0.1, 0.15) is 0 Å². The molecule has 3 aliphatic rings. The zero-order valence-corrected chi connectivity index (χ0v) is 15.1. The molecule has 0 N–H and O–H groups in total. The van der Waals surface area contributed by atoms with E-state index in [0.29, 0.717) is 6.61 Å². The van der Waals surface area contributed by atoms with Crippen molar-refractivity contribution in [3.8, 4) is 0 Å². The molecule has 0 radical (unpaired) electrons. The molecule has 2 heterocycles. The first-order valence-corrected chi connectivity index (χ1v) is 9.12. The number of methoxy groups -OCH3 is 1. The van der Waals surface area contributed by atoms with Crippen molar-refractivity contribution < 1.29 is 19.1 Å². The monoisotopic (exact) mass is 343 g/mol. The van der Waals surface area contributed by atoms with Gasteiger partial charge in [0.05, 0.1) is 25.0 Å². The summed E-state index contributed by atoms with van der Waals surface area (Å²) in [7, 11) is 1.41. The van der Waals surface area contributed by atoms with Crippen LogP contribution in [0.2, 0.25) is 0 Å². The Labute approximate surface area is 148 Å². The average Bonchev–Trinajstić information content (AvgIpc) is 3.31. The normalized spacial score (nSPS) is 26.7. The molecule has 1 aromatic rings. The van der Waals surface area contributed by atoms with E-state index in [2.05, 4.69) is 13.0 Å². The molecule has 1 aromatic carbocycles.